The topological polar surface area (TPSA) is 99.2 Å². The van der Waals surface area contributed by atoms with Crippen LogP contribution in [0.4, 0.5) is 4.79 Å². The molecule has 0 saturated carbocycles. The SMILES string of the molecule is CN(Cc1ccccc1)CC(NC(=O)OCC1c2ccccc2-c2ccccc21)C(=O)N1CCC(C)(C(=O)O)CC1. The van der Waals surface area contributed by atoms with Gasteiger partial charge in [0.15, 0.2) is 0 Å². The maximum Gasteiger partial charge on any atom is 0.407 e. The first-order chi connectivity index (χ1) is 19.7. The van der Waals surface area contributed by atoms with Gasteiger partial charge in [0.25, 0.3) is 0 Å². The maximum atomic E-state index is 13.7. The van der Waals surface area contributed by atoms with Gasteiger partial charge in [-0.05, 0) is 54.6 Å². The van der Waals surface area contributed by atoms with Crippen molar-refractivity contribution in [3.63, 3.8) is 0 Å². The lowest BCUT2D eigenvalue weighted by Gasteiger charge is -2.38. The average Bonchev–Trinajstić information content (AvgIpc) is 3.30. The summed E-state index contributed by atoms with van der Waals surface area (Å²) in [5.74, 6) is -1.16. The van der Waals surface area contributed by atoms with Gasteiger partial charge in [0.1, 0.15) is 12.6 Å². The Labute approximate surface area is 240 Å². The highest BCUT2D eigenvalue weighted by molar-refractivity contribution is 5.86. The summed E-state index contributed by atoms with van der Waals surface area (Å²) >= 11 is 0. The Kier molecular flexibility index (Phi) is 8.40. The molecule has 3 aromatic rings. The summed E-state index contributed by atoms with van der Waals surface area (Å²) < 4.78 is 5.76. The Morgan fingerprint density at radius 3 is 2.10 bits per heavy atom. The lowest BCUT2D eigenvalue weighted by Crippen LogP contribution is -2.56. The van der Waals surface area contributed by atoms with Crippen LogP contribution in [0, 0.1) is 5.41 Å². The molecule has 2 N–H and O–H groups in total. The van der Waals surface area contributed by atoms with E-state index in [4.69, 9.17) is 4.74 Å². The van der Waals surface area contributed by atoms with E-state index in [-0.39, 0.29) is 25.0 Å². The lowest BCUT2D eigenvalue weighted by molar-refractivity contribution is -0.153. The van der Waals surface area contributed by atoms with E-state index in [0.717, 1.165) is 27.8 Å². The van der Waals surface area contributed by atoms with E-state index in [0.29, 0.717) is 32.5 Å². The Morgan fingerprint density at radius 1 is 0.951 bits per heavy atom. The molecule has 1 unspecified atom stereocenters. The first kappa shape index (κ1) is 28.4. The van der Waals surface area contributed by atoms with E-state index in [1.807, 2.05) is 66.5 Å². The van der Waals surface area contributed by atoms with Crippen LogP contribution in [0.2, 0.25) is 0 Å². The molecule has 8 nitrogen and oxygen atoms in total. The fraction of sp³-hybridized carbons (Fsp3) is 0.364. The second-order valence-corrected chi connectivity index (χ2v) is 11.4. The Bertz CT molecular complexity index is 1360. The molecule has 5 rings (SSSR count). The molecule has 1 fully saturated rings. The fourth-order valence-electron chi connectivity index (χ4n) is 5.89. The van der Waals surface area contributed by atoms with Crippen molar-refractivity contribution in [2.24, 2.45) is 5.41 Å². The first-order valence-corrected chi connectivity index (χ1v) is 14.1. The van der Waals surface area contributed by atoms with Gasteiger partial charge in [-0.1, -0.05) is 78.9 Å². The second kappa shape index (κ2) is 12.1. The number of likely N-dealkylation sites (tertiary alicyclic amines) is 1. The highest BCUT2D eigenvalue weighted by Gasteiger charge is 2.40. The van der Waals surface area contributed by atoms with Crippen LogP contribution in [0.5, 0.6) is 0 Å². The number of carbonyl (C=O) groups is 3. The number of alkyl carbamates (subject to hydrolysis) is 1. The number of benzene rings is 3. The predicted octanol–water partition coefficient (Wildman–Crippen LogP) is 4.74. The van der Waals surface area contributed by atoms with E-state index < -0.39 is 23.5 Å². The first-order valence-electron chi connectivity index (χ1n) is 14.1. The van der Waals surface area contributed by atoms with Gasteiger partial charge >= 0.3 is 12.1 Å². The van der Waals surface area contributed by atoms with Crippen LogP contribution in [-0.4, -0.2) is 72.2 Å². The minimum Gasteiger partial charge on any atom is -0.481 e. The van der Waals surface area contributed by atoms with Crippen molar-refractivity contribution in [3.8, 4) is 11.1 Å². The van der Waals surface area contributed by atoms with E-state index in [1.165, 1.54) is 0 Å². The number of piperidine rings is 1. The van der Waals surface area contributed by atoms with Gasteiger partial charge in [0.2, 0.25) is 5.91 Å². The molecular formula is C33H37N3O5. The average molecular weight is 556 g/mol. The normalized spacial score (nSPS) is 16.5. The Hall–Kier alpha value is -4.17. The summed E-state index contributed by atoms with van der Waals surface area (Å²) in [5, 5.41) is 12.4. The van der Waals surface area contributed by atoms with Crippen LogP contribution in [0.1, 0.15) is 42.4 Å². The van der Waals surface area contributed by atoms with Crippen molar-refractivity contribution in [1.82, 2.24) is 15.1 Å². The zero-order valence-electron chi connectivity index (χ0n) is 23.6. The van der Waals surface area contributed by atoms with Crippen LogP contribution >= 0.6 is 0 Å². The number of ether oxygens (including phenoxy) is 1. The maximum absolute atomic E-state index is 13.7. The molecule has 8 heteroatoms. The van der Waals surface area contributed by atoms with E-state index in [9.17, 15) is 19.5 Å². The highest BCUT2D eigenvalue weighted by atomic mass is 16.5. The Morgan fingerprint density at radius 2 is 1.51 bits per heavy atom. The third-order valence-electron chi connectivity index (χ3n) is 8.42. The molecule has 0 radical (unpaired) electrons. The molecule has 1 aliphatic heterocycles. The molecule has 41 heavy (non-hydrogen) atoms. The summed E-state index contributed by atoms with van der Waals surface area (Å²) in [6.45, 7) is 3.41. The molecule has 214 valence electrons. The molecule has 2 aliphatic rings. The molecular weight excluding hydrogens is 518 g/mol. The van der Waals surface area contributed by atoms with Gasteiger partial charge < -0.3 is 20.1 Å². The van der Waals surface area contributed by atoms with Crippen molar-refractivity contribution < 1.29 is 24.2 Å². The minimum absolute atomic E-state index is 0.0844. The van der Waals surface area contributed by atoms with Crippen LogP contribution in [0.15, 0.2) is 78.9 Å². The molecule has 3 aromatic carbocycles. The zero-order chi connectivity index (χ0) is 29.0. The number of rotatable bonds is 9. The molecule has 0 spiro atoms. The third-order valence-corrected chi connectivity index (χ3v) is 8.42. The van der Waals surface area contributed by atoms with Gasteiger partial charge in [-0.15, -0.1) is 0 Å². The van der Waals surface area contributed by atoms with Gasteiger partial charge in [-0.2, -0.15) is 0 Å². The molecule has 2 amide bonds. The van der Waals surface area contributed by atoms with E-state index in [1.54, 1.807) is 11.8 Å². The molecule has 0 aromatic heterocycles. The van der Waals surface area contributed by atoms with Crippen LogP contribution in [-0.2, 0) is 20.9 Å². The Balaban J connectivity index is 1.27. The molecule has 1 aliphatic carbocycles. The number of hydrogen-bond donors (Lipinski definition) is 2. The van der Waals surface area contributed by atoms with Gasteiger partial charge in [-0.3, -0.25) is 14.5 Å². The van der Waals surface area contributed by atoms with Crippen molar-refractivity contribution in [2.45, 2.75) is 38.3 Å². The number of fused-ring (bicyclic) bond motifs is 3. The number of aliphatic carboxylic acids is 1. The largest absolute Gasteiger partial charge is 0.481 e. The summed E-state index contributed by atoms with van der Waals surface area (Å²) in [5.41, 5.74) is 4.77. The van der Waals surface area contributed by atoms with Gasteiger partial charge in [0.05, 0.1) is 5.41 Å². The molecule has 0 bridgehead atoms. The van der Waals surface area contributed by atoms with Gasteiger partial charge in [-0.25, -0.2) is 4.79 Å². The quantitative estimate of drug-likeness (QED) is 0.396. The fourth-order valence-corrected chi connectivity index (χ4v) is 5.89. The number of carboxylic acids is 1. The minimum atomic E-state index is -0.851. The predicted molar refractivity (Wildman–Crippen MR) is 156 cm³/mol. The van der Waals surface area contributed by atoms with Crippen LogP contribution < -0.4 is 5.32 Å². The number of hydrogen-bond acceptors (Lipinski definition) is 5. The number of likely N-dealkylation sites (N-methyl/N-ethyl adjacent to an activating group) is 1. The lowest BCUT2D eigenvalue weighted by atomic mass is 9.80. The number of amides is 2. The third kappa shape index (κ3) is 6.28. The number of nitrogens with zero attached hydrogens (tertiary/aromatic N) is 2. The summed E-state index contributed by atoms with van der Waals surface area (Å²) in [6, 6.07) is 25.4. The van der Waals surface area contributed by atoms with Crippen molar-refractivity contribution in [1.29, 1.82) is 0 Å². The molecule has 1 atom stereocenters. The van der Waals surface area contributed by atoms with Crippen LogP contribution in [0.25, 0.3) is 11.1 Å². The smallest absolute Gasteiger partial charge is 0.407 e. The number of carboxylic acid groups (broad SMARTS) is 1. The molecule has 1 saturated heterocycles. The van der Waals surface area contributed by atoms with Gasteiger partial charge in [0, 0.05) is 32.1 Å². The van der Waals surface area contributed by atoms with Crippen molar-refractivity contribution >= 4 is 18.0 Å². The van der Waals surface area contributed by atoms with Crippen LogP contribution in [0.3, 0.4) is 0 Å². The molecule has 1 heterocycles. The number of carbonyl (C=O) groups excluding carboxylic acids is 2. The monoisotopic (exact) mass is 555 g/mol. The summed E-state index contributed by atoms with van der Waals surface area (Å²) in [6.07, 6.45) is 0.0858. The number of nitrogens with one attached hydrogen (secondary N) is 1. The summed E-state index contributed by atoms with van der Waals surface area (Å²) in [7, 11) is 1.91. The summed E-state index contributed by atoms with van der Waals surface area (Å²) in [4.78, 5) is 42.2. The van der Waals surface area contributed by atoms with Crippen molar-refractivity contribution in [2.75, 3.05) is 33.3 Å². The standard InChI is InChI=1S/C33H37N3O5/c1-33(31(38)39)16-18-36(19-17-33)30(37)29(21-35(2)20-23-10-4-3-5-11-23)34-32(40)41-22-28-26-14-8-6-12-24(26)25-13-7-9-15-27(25)28/h3-15,28-29H,16-22H2,1-2H3,(H,34,40)(H,38,39). The van der Waals surface area contributed by atoms with E-state index >= 15 is 0 Å². The zero-order valence-corrected chi connectivity index (χ0v) is 23.6. The van der Waals surface area contributed by atoms with E-state index in [2.05, 4.69) is 29.6 Å². The highest BCUT2D eigenvalue weighted by Crippen LogP contribution is 2.44. The second-order valence-electron chi connectivity index (χ2n) is 11.4. The van der Waals surface area contributed by atoms with Crippen molar-refractivity contribution in [3.05, 3.63) is 95.6 Å².